The maximum absolute atomic E-state index is 12.2. The molecule has 1 N–H and O–H groups in total. The van der Waals surface area contributed by atoms with Crippen LogP contribution < -0.4 is 4.74 Å². The number of benzene rings is 1. The molecule has 0 atom stereocenters. The highest BCUT2D eigenvalue weighted by molar-refractivity contribution is 5.88. The number of methoxy groups -OCH3 is 1. The van der Waals surface area contributed by atoms with Gasteiger partial charge >= 0.3 is 0 Å². The lowest BCUT2D eigenvalue weighted by molar-refractivity contribution is -0.128. The summed E-state index contributed by atoms with van der Waals surface area (Å²) < 4.78 is 5.33. The molecular formula is C17H23NO3. The van der Waals surface area contributed by atoms with Gasteiger partial charge in [-0.2, -0.15) is 0 Å². The van der Waals surface area contributed by atoms with Crippen LogP contribution in [-0.4, -0.2) is 42.2 Å². The second-order valence-corrected chi connectivity index (χ2v) is 5.54. The lowest BCUT2D eigenvalue weighted by atomic mass is 10.0. The number of likely N-dealkylation sites (tertiary alicyclic amines) is 1. The zero-order valence-electron chi connectivity index (χ0n) is 12.7. The highest BCUT2D eigenvalue weighted by Gasteiger charge is 2.19. The molecule has 1 aromatic carbocycles. The van der Waals surface area contributed by atoms with E-state index in [2.05, 4.69) is 0 Å². The fourth-order valence-electron chi connectivity index (χ4n) is 2.59. The largest absolute Gasteiger partial charge is 0.496 e. The fourth-order valence-corrected chi connectivity index (χ4v) is 2.59. The minimum atomic E-state index is -0.257. The number of allylic oxidation sites excluding steroid dienone is 1. The van der Waals surface area contributed by atoms with Crippen LogP contribution in [0.15, 0.2) is 35.9 Å². The normalized spacial score (nSPS) is 16.9. The number of piperidine rings is 1. The predicted octanol–water partition coefficient (Wildman–Crippen LogP) is 2.17. The van der Waals surface area contributed by atoms with E-state index < -0.39 is 0 Å². The van der Waals surface area contributed by atoms with Crippen LogP contribution in [0.1, 0.15) is 25.3 Å². The Morgan fingerprint density at radius 2 is 2.05 bits per heavy atom. The molecule has 1 aliphatic rings. The van der Waals surface area contributed by atoms with Crippen LogP contribution in [0.4, 0.5) is 0 Å². The second-order valence-electron chi connectivity index (χ2n) is 5.54. The third-order valence-corrected chi connectivity index (χ3v) is 3.81. The maximum Gasteiger partial charge on any atom is 0.246 e. The molecule has 0 bridgehead atoms. The molecule has 0 aromatic heterocycles. The third kappa shape index (κ3) is 4.33. The Bertz CT molecular complexity index is 517. The molecule has 1 aromatic rings. The van der Waals surface area contributed by atoms with Crippen LogP contribution >= 0.6 is 0 Å². The van der Waals surface area contributed by atoms with E-state index in [1.807, 2.05) is 31.2 Å². The summed E-state index contributed by atoms with van der Waals surface area (Å²) >= 11 is 0. The molecule has 4 nitrogen and oxygen atoms in total. The summed E-state index contributed by atoms with van der Waals surface area (Å²) in [5, 5.41) is 9.48. The van der Waals surface area contributed by atoms with Crippen molar-refractivity contribution in [3.63, 3.8) is 0 Å². The molecule has 0 radical (unpaired) electrons. The van der Waals surface area contributed by atoms with Gasteiger partial charge in [0, 0.05) is 19.2 Å². The van der Waals surface area contributed by atoms with Crippen molar-refractivity contribution < 1.29 is 14.6 Å². The molecule has 1 amide bonds. The van der Waals surface area contributed by atoms with Gasteiger partial charge in [0.15, 0.2) is 0 Å². The zero-order chi connectivity index (χ0) is 15.2. The van der Waals surface area contributed by atoms with Crippen LogP contribution in [0.2, 0.25) is 0 Å². The molecule has 0 spiro atoms. The van der Waals surface area contributed by atoms with Crippen molar-refractivity contribution in [2.75, 3.05) is 20.2 Å². The molecular weight excluding hydrogens is 266 g/mol. The number of carbonyl (C=O) groups is 1. The van der Waals surface area contributed by atoms with Crippen LogP contribution in [0.5, 0.6) is 5.75 Å². The Morgan fingerprint density at radius 3 is 2.71 bits per heavy atom. The fraction of sp³-hybridized carbons (Fsp3) is 0.471. The van der Waals surface area contributed by atoms with Crippen molar-refractivity contribution in [2.45, 2.75) is 32.3 Å². The van der Waals surface area contributed by atoms with Gasteiger partial charge in [-0.15, -0.1) is 0 Å². The summed E-state index contributed by atoms with van der Waals surface area (Å²) in [6.07, 6.45) is 3.49. The van der Waals surface area contributed by atoms with Crippen molar-refractivity contribution in [3.05, 3.63) is 41.5 Å². The molecule has 0 aliphatic carbocycles. The van der Waals surface area contributed by atoms with Gasteiger partial charge in [-0.3, -0.25) is 4.79 Å². The lowest BCUT2D eigenvalue weighted by Crippen LogP contribution is -2.39. The van der Waals surface area contributed by atoms with E-state index in [-0.39, 0.29) is 12.0 Å². The maximum atomic E-state index is 12.2. The van der Waals surface area contributed by atoms with Gasteiger partial charge in [0.05, 0.1) is 13.2 Å². The Labute approximate surface area is 126 Å². The number of aliphatic hydroxyl groups excluding tert-OH is 1. The van der Waals surface area contributed by atoms with E-state index in [1.165, 1.54) is 0 Å². The summed E-state index contributed by atoms with van der Waals surface area (Å²) in [5.74, 6) is 0.882. The average Bonchev–Trinajstić information content (AvgIpc) is 2.48. The monoisotopic (exact) mass is 289 g/mol. The van der Waals surface area contributed by atoms with Gasteiger partial charge in [0.2, 0.25) is 5.91 Å². The molecule has 21 heavy (non-hydrogen) atoms. The van der Waals surface area contributed by atoms with Crippen molar-refractivity contribution in [2.24, 2.45) is 0 Å². The molecule has 0 unspecified atom stereocenters. The topological polar surface area (TPSA) is 49.8 Å². The molecule has 1 aliphatic heterocycles. The number of amides is 1. The third-order valence-electron chi connectivity index (χ3n) is 3.81. The van der Waals surface area contributed by atoms with E-state index in [0.29, 0.717) is 32.4 Å². The first-order chi connectivity index (χ1) is 10.1. The Kier molecular flexibility index (Phi) is 5.39. The highest BCUT2D eigenvalue weighted by atomic mass is 16.5. The van der Waals surface area contributed by atoms with E-state index >= 15 is 0 Å². The minimum Gasteiger partial charge on any atom is -0.496 e. The molecule has 2 rings (SSSR count). The van der Waals surface area contributed by atoms with Crippen molar-refractivity contribution in [1.29, 1.82) is 0 Å². The van der Waals surface area contributed by atoms with Gasteiger partial charge in [-0.1, -0.05) is 23.8 Å². The first-order valence-corrected chi connectivity index (χ1v) is 7.36. The molecule has 0 saturated carbocycles. The van der Waals surface area contributed by atoms with E-state index in [9.17, 15) is 9.90 Å². The highest BCUT2D eigenvalue weighted by Crippen LogP contribution is 2.20. The van der Waals surface area contributed by atoms with Crippen molar-refractivity contribution in [1.82, 2.24) is 4.90 Å². The molecule has 4 heteroatoms. The Morgan fingerprint density at radius 1 is 1.38 bits per heavy atom. The molecule has 1 heterocycles. The Hall–Kier alpha value is -1.81. The number of aliphatic hydroxyl groups is 1. The number of nitrogens with zero attached hydrogens (tertiary/aromatic N) is 1. The van der Waals surface area contributed by atoms with Crippen molar-refractivity contribution >= 4 is 5.91 Å². The quantitative estimate of drug-likeness (QED) is 0.864. The van der Waals surface area contributed by atoms with Gasteiger partial charge < -0.3 is 14.7 Å². The SMILES string of the molecule is COc1ccccc1C/C(C)=C/C(=O)N1CCC(O)CC1. The number of rotatable bonds is 4. The number of para-hydroxylation sites is 1. The van der Waals surface area contributed by atoms with Crippen LogP contribution in [0.25, 0.3) is 0 Å². The lowest BCUT2D eigenvalue weighted by Gasteiger charge is -2.28. The molecule has 1 fully saturated rings. The number of carbonyl (C=O) groups excluding carboxylic acids is 1. The number of ether oxygens (including phenoxy) is 1. The van der Waals surface area contributed by atoms with E-state index in [1.54, 1.807) is 18.1 Å². The molecule has 114 valence electrons. The summed E-state index contributed by atoms with van der Waals surface area (Å²) in [7, 11) is 1.65. The molecule has 1 saturated heterocycles. The van der Waals surface area contributed by atoms with Gasteiger partial charge in [-0.25, -0.2) is 0 Å². The standard InChI is InChI=1S/C17H23NO3/c1-13(11-14-5-3-4-6-16(14)21-2)12-17(20)18-9-7-15(19)8-10-18/h3-6,12,15,19H,7-11H2,1-2H3/b13-12+. The first-order valence-electron chi connectivity index (χ1n) is 7.36. The number of hydrogen-bond acceptors (Lipinski definition) is 3. The van der Waals surface area contributed by atoms with E-state index in [0.717, 1.165) is 16.9 Å². The summed E-state index contributed by atoms with van der Waals surface area (Å²) in [4.78, 5) is 14.0. The van der Waals surface area contributed by atoms with E-state index in [4.69, 9.17) is 4.74 Å². The summed E-state index contributed by atoms with van der Waals surface area (Å²) in [6, 6.07) is 7.85. The average molecular weight is 289 g/mol. The number of hydrogen-bond donors (Lipinski definition) is 1. The Balaban J connectivity index is 1.98. The summed E-state index contributed by atoms with van der Waals surface area (Å²) in [6.45, 7) is 3.24. The zero-order valence-corrected chi connectivity index (χ0v) is 12.7. The van der Waals surface area contributed by atoms with Crippen LogP contribution in [-0.2, 0) is 11.2 Å². The first kappa shape index (κ1) is 15.6. The smallest absolute Gasteiger partial charge is 0.246 e. The predicted molar refractivity (Wildman–Crippen MR) is 82.3 cm³/mol. The second kappa shape index (κ2) is 7.27. The minimum absolute atomic E-state index is 0.0364. The van der Waals surface area contributed by atoms with Crippen LogP contribution in [0.3, 0.4) is 0 Å². The van der Waals surface area contributed by atoms with Crippen LogP contribution in [0, 0.1) is 0 Å². The van der Waals surface area contributed by atoms with Gasteiger partial charge in [0.25, 0.3) is 0 Å². The van der Waals surface area contributed by atoms with Gasteiger partial charge in [-0.05, 0) is 37.8 Å². The summed E-state index contributed by atoms with van der Waals surface area (Å²) in [5.41, 5.74) is 2.09. The van der Waals surface area contributed by atoms with Crippen molar-refractivity contribution in [3.8, 4) is 5.75 Å². The van der Waals surface area contributed by atoms with Gasteiger partial charge in [0.1, 0.15) is 5.75 Å².